The highest BCUT2D eigenvalue weighted by Crippen LogP contribution is 2.16. The molecule has 0 aromatic heterocycles. The van der Waals surface area contributed by atoms with Gasteiger partial charge in [-0.3, -0.25) is 4.79 Å². The second-order valence-corrected chi connectivity index (χ2v) is 12.3. The van der Waals surface area contributed by atoms with E-state index in [4.69, 9.17) is 0 Å². The minimum atomic E-state index is -1.25. The first-order chi connectivity index (χ1) is 18.8. The predicted octanol–water partition coefficient (Wildman–Crippen LogP) is 7.19. The molecule has 0 saturated heterocycles. The number of unbranched alkanes of at least 4 members (excludes halogenated alkanes) is 18. The van der Waals surface area contributed by atoms with Gasteiger partial charge in [0.05, 0.1) is 18.8 Å². The van der Waals surface area contributed by atoms with Crippen molar-refractivity contribution in [3.05, 3.63) is 0 Å². The summed E-state index contributed by atoms with van der Waals surface area (Å²) in [4.78, 5) is 12.4. The third-order valence-corrected chi connectivity index (χ3v) is 8.00. The van der Waals surface area contributed by atoms with Crippen LogP contribution in [0, 0.1) is 5.92 Å². The van der Waals surface area contributed by atoms with Crippen LogP contribution >= 0.6 is 0 Å². The fraction of sp³-hybridized carbons (Fsp3) is 0.970. The van der Waals surface area contributed by atoms with Gasteiger partial charge in [-0.2, -0.15) is 0 Å². The van der Waals surface area contributed by atoms with Crippen LogP contribution in [0.15, 0.2) is 0 Å². The van der Waals surface area contributed by atoms with Gasteiger partial charge >= 0.3 is 0 Å². The fourth-order valence-electron chi connectivity index (χ4n) is 5.23. The van der Waals surface area contributed by atoms with Crippen LogP contribution in [0.25, 0.3) is 0 Å². The Hall–Kier alpha value is -0.690. The molecule has 0 spiro atoms. The third kappa shape index (κ3) is 23.7. The van der Waals surface area contributed by atoms with E-state index in [0.29, 0.717) is 12.8 Å². The minimum Gasteiger partial charge on any atom is -0.394 e. The van der Waals surface area contributed by atoms with Crippen molar-refractivity contribution < 1.29 is 25.2 Å². The quantitative estimate of drug-likeness (QED) is 0.0625. The predicted molar refractivity (Wildman–Crippen MR) is 164 cm³/mol. The maximum absolute atomic E-state index is 12.4. The van der Waals surface area contributed by atoms with Crippen LogP contribution in [0.2, 0.25) is 0 Å². The zero-order chi connectivity index (χ0) is 29.1. The number of carbonyl (C=O) groups excluding carboxylic acids is 1. The van der Waals surface area contributed by atoms with Crippen LogP contribution in [-0.4, -0.2) is 57.3 Å². The van der Waals surface area contributed by atoms with Gasteiger partial charge in [-0.25, -0.2) is 0 Å². The van der Waals surface area contributed by atoms with Crippen molar-refractivity contribution in [3.8, 4) is 0 Å². The minimum absolute atomic E-state index is 0.373. The average molecular weight is 558 g/mol. The van der Waals surface area contributed by atoms with Gasteiger partial charge in [-0.05, 0) is 18.8 Å². The van der Waals surface area contributed by atoms with E-state index in [0.717, 1.165) is 44.4 Å². The molecule has 0 bridgehead atoms. The van der Waals surface area contributed by atoms with E-state index in [1.54, 1.807) is 0 Å². The van der Waals surface area contributed by atoms with Crippen molar-refractivity contribution >= 4 is 5.91 Å². The lowest BCUT2D eigenvalue weighted by Crippen LogP contribution is -2.53. The second-order valence-electron chi connectivity index (χ2n) is 12.3. The smallest absolute Gasteiger partial charge is 0.249 e. The van der Waals surface area contributed by atoms with Crippen LogP contribution in [-0.2, 0) is 4.79 Å². The first-order valence-electron chi connectivity index (χ1n) is 16.8. The molecule has 0 saturated carbocycles. The van der Waals surface area contributed by atoms with Gasteiger partial charge < -0.3 is 25.7 Å². The van der Waals surface area contributed by atoms with E-state index in [1.165, 1.54) is 96.3 Å². The van der Waals surface area contributed by atoms with E-state index >= 15 is 0 Å². The van der Waals surface area contributed by atoms with Crippen LogP contribution in [0.5, 0.6) is 0 Å². The Kier molecular flexibility index (Phi) is 27.0. The maximum Gasteiger partial charge on any atom is 0.249 e. The summed E-state index contributed by atoms with van der Waals surface area (Å²) in [6, 6.07) is -0.977. The number of carbonyl (C=O) groups is 1. The van der Waals surface area contributed by atoms with Gasteiger partial charge in [0.15, 0.2) is 0 Å². The standard InChI is InChI=1S/C33H67NO5/c1-4-5-6-7-8-9-10-11-12-17-20-23-26-31(37)33(39)34-29(27-35)32(38)30(36)25-22-19-16-14-13-15-18-21-24-28(2)3/h28-32,35-38H,4-27H2,1-3H3,(H,34,39)/t29-,30+,31?,32-/m0/s1. The number of aliphatic hydroxyl groups excluding tert-OH is 4. The Morgan fingerprint density at radius 3 is 1.38 bits per heavy atom. The van der Waals surface area contributed by atoms with Crippen molar-refractivity contribution in [2.24, 2.45) is 5.92 Å². The SMILES string of the molecule is CCCCCCCCCCCCCCC(O)C(=O)N[C@@H](CO)[C@H](O)[C@H](O)CCCCCCCCCCC(C)C. The van der Waals surface area contributed by atoms with Gasteiger partial charge in [-0.15, -0.1) is 0 Å². The van der Waals surface area contributed by atoms with Crippen LogP contribution in [0.1, 0.15) is 168 Å². The van der Waals surface area contributed by atoms with Gasteiger partial charge in [0.25, 0.3) is 0 Å². The molecule has 5 N–H and O–H groups in total. The number of hydrogen-bond donors (Lipinski definition) is 5. The molecular weight excluding hydrogens is 490 g/mol. The van der Waals surface area contributed by atoms with E-state index in [1.807, 2.05) is 0 Å². The summed E-state index contributed by atoms with van der Waals surface area (Å²) in [5.74, 6) is 0.205. The van der Waals surface area contributed by atoms with Crippen molar-refractivity contribution in [2.45, 2.75) is 193 Å². The topological polar surface area (TPSA) is 110 Å². The lowest BCUT2D eigenvalue weighted by atomic mass is 9.99. The summed E-state index contributed by atoms with van der Waals surface area (Å²) in [6.07, 6.45) is 22.7. The molecule has 0 rings (SSSR count). The first-order valence-corrected chi connectivity index (χ1v) is 16.8. The number of aliphatic hydroxyl groups is 4. The fourth-order valence-corrected chi connectivity index (χ4v) is 5.23. The number of rotatable bonds is 29. The molecule has 1 unspecified atom stereocenters. The highest BCUT2D eigenvalue weighted by Gasteiger charge is 2.28. The Bertz CT molecular complexity index is 530. The second kappa shape index (κ2) is 27.5. The molecule has 0 aliphatic heterocycles. The summed E-state index contributed by atoms with van der Waals surface area (Å²) in [5.41, 5.74) is 0. The van der Waals surface area contributed by atoms with E-state index in [9.17, 15) is 25.2 Å². The molecule has 6 heteroatoms. The first kappa shape index (κ1) is 38.3. The molecule has 0 radical (unpaired) electrons. The summed E-state index contributed by atoms with van der Waals surface area (Å²) in [6.45, 7) is 6.30. The number of hydrogen-bond acceptors (Lipinski definition) is 5. The zero-order valence-electron chi connectivity index (χ0n) is 26.1. The summed E-state index contributed by atoms with van der Waals surface area (Å²) < 4.78 is 0. The van der Waals surface area contributed by atoms with E-state index in [2.05, 4.69) is 26.1 Å². The molecule has 0 heterocycles. The van der Waals surface area contributed by atoms with Crippen LogP contribution in [0.4, 0.5) is 0 Å². The summed E-state index contributed by atoms with van der Waals surface area (Å²) >= 11 is 0. The van der Waals surface area contributed by atoms with Crippen molar-refractivity contribution in [3.63, 3.8) is 0 Å². The molecule has 4 atom stereocenters. The van der Waals surface area contributed by atoms with Crippen LogP contribution in [0.3, 0.4) is 0 Å². The molecule has 0 aromatic carbocycles. The molecule has 1 amide bonds. The lowest BCUT2D eigenvalue weighted by Gasteiger charge is -2.27. The van der Waals surface area contributed by atoms with Crippen molar-refractivity contribution in [1.82, 2.24) is 5.32 Å². The molecule has 0 aliphatic carbocycles. The zero-order valence-corrected chi connectivity index (χ0v) is 26.1. The molecular formula is C33H67NO5. The summed E-state index contributed by atoms with van der Waals surface area (Å²) in [7, 11) is 0. The Labute approximate surface area is 241 Å². The molecule has 234 valence electrons. The monoisotopic (exact) mass is 558 g/mol. The van der Waals surface area contributed by atoms with Gasteiger partial charge in [0, 0.05) is 0 Å². The average Bonchev–Trinajstić information content (AvgIpc) is 2.92. The largest absolute Gasteiger partial charge is 0.394 e. The van der Waals surface area contributed by atoms with E-state index in [-0.39, 0.29) is 0 Å². The van der Waals surface area contributed by atoms with Crippen molar-refractivity contribution in [1.29, 1.82) is 0 Å². The lowest BCUT2D eigenvalue weighted by molar-refractivity contribution is -0.132. The summed E-state index contributed by atoms with van der Waals surface area (Å²) in [5, 5.41) is 43.2. The molecule has 0 fully saturated rings. The van der Waals surface area contributed by atoms with Crippen molar-refractivity contribution in [2.75, 3.05) is 6.61 Å². The maximum atomic E-state index is 12.4. The Morgan fingerprint density at radius 2 is 0.974 bits per heavy atom. The molecule has 0 aromatic rings. The number of nitrogens with one attached hydrogen (secondary N) is 1. The highest BCUT2D eigenvalue weighted by atomic mass is 16.3. The van der Waals surface area contributed by atoms with Crippen LogP contribution < -0.4 is 5.32 Å². The van der Waals surface area contributed by atoms with Gasteiger partial charge in [-0.1, -0.05) is 156 Å². The van der Waals surface area contributed by atoms with Gasteiger partial charge in [0.2, 0.25) is 5.91 Å². The van der Waals surface area contributed by atoms with E-state index < -0.39 is 36.9 Å². The molecule has 6 nitrogen and oxygen atoms in total. The normalized spacial score (nSPS) is 14.9. The Balaban J connectivity index is 3.87. The third-order valence-electron chi connectivity index (χ3n) is 8.00. The van der Waals surface area contributed by atoms with Gasteiger partial charge in [0.1, 0.15) is 12.2 Å². The number of amides is 1. The Morgan fingerprint density at radius 1 is 0.590 bits per heavy atom. The molecule has 0 aliphatic rings. The molecule has 39 heavy (non-hydrogen) atoms. The highest BCUT2D eigenvalue weighted by molar-refractivity contribution is 5.80.